The van der Waals surface area contributed by atoms with Crippen molar-refractivity contribution in [1.82, 2.24) is 5.32 Å². The second-order valence-corrected chi connectivity index (χ2v) is 19.3. The summed E-state index contributed by atoms with van der Waals surface area (Å²) < 4.78 is 0. The highest BCUT2D eigenvalue weighted by molar-refractivity contribution is 5.76. The summed E-state index contributed by atoms with van der Waals surface area (Å²) in [5.74, 6) is -0.0810. The van der Waals surface area contributed by atoms with Crippen molar-refractivity contribution in [3.05, 3.63) is 122 Å². The minimum atomic E-state index is -0.877. The number of carbonyl (C=O) groups is 1. The Kier molecular flexibility index (Phi) is 56.4. The molecule has 1 amide bonds. The lowest BCUT2D eigenvalue weighted by Crippen LogP contribution is -2.45. The molecule has 0 aromatic heterocycles. The molecule has 2 atom stereocenters. The fraction of sp³-hybridized carbons (Fsp3) is 0.677. The maximum absolute atomic E-state index is 12.5. The lowest BCUT2D eigenvalue weighted by atomic mass is 10.0. The standard InChI is InChI=1S/C65H111NO3/c1-3-5-7-9-11-13-15-17-19-21-23-25-26-27-28-29-30-31-32-33-34-35-36-37-38-39-40-41-43-45-47-49-51-53-55-57-59-61-65(69)66-63(62-67)64(68)60-58-56-54-52-50-48-46-44-42-24-22-20-18-16-14-12-10-8-6-4-2/h5,7,11,13,17,19,23,25,27-28,30-31,33-34,42,44,50,52,58,60,63-64,67-68H,3-4,6,8-10,12,14-16,18,20-22,24,26,29,32,35-41,43,45-49,51,53-57,59,61-62H2,1-2H3,(H,66,69)/b7-5-,13-11-,19-17-,25-23-,28-27-,31-30-,34-33-,44-42+,52-50+,60-58+. The van der Waals surface area contributed by atoms with Crippen molar-refractivity contribution in [3.8, 4) is 0 Å². The van der Waals surface area contributed by atoms with E-state index < -0.39 is 12.1 Å². The Hall–Kier alpha value is -3.21. The van der Waals surface area contributed by atoms with E-state index in [2.05, 4.69) is 129 Å². The molecule has 0 aliphatic carbocycles. The first kappa shape index (κ1) is 65.8. The van der Waals surface area contributed by atoms with Crippen molar-refractivity contribution < 1.29 is 15.0 Å². The molecule has 0 aliphatic heterocycles. The van der Waals surface area contributed by atoms with Crippen molar-refractivity contribution in [3.63, 3.8) is 0 Å². The molecule has 0 spiro atoms. The summed E-state index contributed by atoms with van der Waals surface area (Å²) in [6.45, 7) is 4.18. The summed E-state index contributed by atoms with van der Waals surface area (Å²) in [5.41, 5.74) is 0. The van der Waals surface area contributed by atoms with Crippen molar-refractivity contribution in [1.29, 1.82) is 0 Å². The molecule has 0 radical (unpaired) electrons. The van der Waals surface area contributed by atoms with E-state index in [0.717, 1.165) is 83.5 Å². The third kappa shape index (κ3) is 55.6. The second-order valence-electron chi connectivity index (χ2n) is 19.3. The number of aliphatic hydroxyl groups is 2. The first-order chi connectivity index (χ1) is 34.2. The molecule has 0 saturated heterocycles. The Morgan fingerprint density at radius 1 is 0.362 bits per heavy atom. The number of unbranched alkanes of at least 4 members (excludes halogenated alkanes) is 27. The monoisotopic (exact) mass is 954 g/mol. The van der Waals surface area contributed by atoms with E-state index in [1.807, 2.05) is 6.08 Å². The fourth-order valence-corrected chi connectivity index (χ4v) is 8.25. The topological polar surface area (TPSA) is 69.6 Å². The van der Waals surface area contributed by atoms with Gasteiger partial charge in [0, 0.05) is 6.42 Å². The molecule has 4 nitrogen and oxygen atoms in total. The van der Waals surface area contributed by atoms with Crippen LogP contribution in [0.2, 0.25) is 0 Å². The van der Waals surface area contributed by atoms with E-state index in [1.165, 1.54) is 161 Å². The summed E-state index contributed by atoms with van der Waals surface area (Å²) >= 11 is 0. The van der Waals surface area contributed by atoms with Gasteiger partial charge in [-0.15, -0.1) is 0 Å². The van der Waals surface area contributed by atoms with Crippen LogP contribution in [0.3, 0.4) is 0 Å². The van der Waals surface area contributed by atoms with Crippen LogP contribution in [0.5, 0.6) is 0 Å². The Bertz CT molecular complexity index is 1360. The number of hydrogen-bond acceptors (Lipinski definition) is 3. The molecule has 0 aromatic carbocycles. The molecule has 0 bridgehead atoms. The lowest BCUT2D eigenvalue weighted by Gasteiger charge is -2.19. The lowest BCUT2D eigenvalue weighted by molar-refractivity contribution is -0.123. The number of carbonyl (C=O) groups excluding carboxylic acids is 1. The summed E-state index contributed by atoms with van der Waals surface area (Å²) in [6, 6.07) is -0.653. The first-order valence-corrected chi connectivity index (χ1v) is 29.2. The van der Waals surface area contributed by atoms with Gasteiger partial charge in [-0.3, -0.25) is 4.79 Å². The summed E-state index contributed by atoms with van der Waals surface area (Å²) in [4.78, 5) is 12.5. The van der Waals surface area contributed by atoms with Crippen LogP contribution >= 0.6 is 0 Å². The van der Waals surface area contributed by atoms with Crippen LogP contribution in [0.1, 0.15) is 264 Å². The van der Waals surface area contributed by atoms with Crippen molar-refractivity contribution in [2.75, 3.05) is 6.61 Å². The summed E-state index contributed by atoms with van der Waals surface area (Å²) in [5, 5.41) is 23.1. The minimum absolute atomic E-state index is 0.0810. The SMILES string of the molecule is CC/C=C\C/C=C\C/C=C\C/C=C\C/C=C\C/C=C\C/C=C\CCCCCCCCCCCCCCCCCC(=O)NC(CO)C(O)/C=C/CC/C=C/CC/C=C/CCCCCCCCCCCC. The molecule has 0 heterocycles. The van der Waals surface area contributed by atoms with Crippen molar-refractivity contribution >= 4 is 5.91 Å². The van der Waals surface area contributed by atoms with E-state index in [-0.39, 0.29) is 12.5 Å². The zero-order chi connectivity index (χ0) is 49.9. The molecular formula is C65H111NO3. The molecular weight excluding hydrogens is 843 g/mol. The number of nitrogens with one attached hydrogen (secondary N) is 1. The van der Waals surface area contributed by atoms with Gasteiger partial charge in [0.05, 0.1) is 18.8 Å². The maximum atomic E-state index is 12.5. The van der Waals surface area contributed by atoms with Gasteiger partial charge >= 0.3 is 0 Å². The quantitative estimate of drug-likeness (QED) is 0.0420. The predicted octanol–water partition coefficient (Wildman–Crippen LogP) is 19.6. The molecule has 394 valence electrons. The average molecular weight is 955 g/mol. The van der Waals surface area contributed by atoms with E-state index in [0.29, 0.717) is 6.42 Å². The van der Waals surface area contributed by atoms with E-state index in [1.54, 1.807) is 6.08 Å². The smallest absolute Gasteiger partial charge is 0.220 e. The fourth-order valence-electron chi connectivity index (χ4n) is 8.25. The third-order valence-corrected chi connectivity index (χ3v) is 12.7. The molecule has 69 heavy (non-hydrogen) atoms. The molecule has 3 N–H and O–H groups in total. The number of allylic oxidation sites excluding steroid dienone is 19. The Morgan fingerprint density at radius 2 is 0.652 bits per heavy atom. The van der Waals surface area contributed by atoms with Gasteiger partial charge in [-0.05, 0) is 103 Å². The zero-order valence-corrected chi connectivity index (χ0v) is 45.3. The van der Waals surface area contributed by atoms with Crippen LogP contribution in [-0.2, 0) is 4.79 Å². The van der Waals surface area contributed by atoms with Gasteiger partial charge in [-0.1, -0.05) is 277 Å². The van der Waals surface area contributed by atoms with Crippen LogP contribution < -0.4 is 5.32 Å². The zero-order valence-electron chi connectivity index (χ0n) is 45.3. The van der Waals surface area contributed by atoms with Crippen molar-refractivity contribution in [2.45, 2.75) is 276 Å². The van der Waals surface area contributed by atoms with Crippen molar-refractivity contribution in [2.24, 2.45) is 0 Å². The number of amides is 1. The van der Waals surface area contributed by atoms with Crippen LogP contribution in [0.25, 0.3) is 0 Å². The highest BCUT2D eigenvalue weighted by Crippen LogP contribution is 2.15. The molecule has 0 fully saturated rings. The molecule has 4 heteroatoms. The Morgan fingerprint density at radius 3 is 1.01 bits per heavy atom. The first-order valence-electron chi connectivity index (χ1n) is 29.2. The van der Waals surface area contributed by atoms with Gasteiger partial charge in [0.15, 0.2) is 0 Å². The third-order valence-electron chi connectivity index (χ3n) is 12.7. The van der Waals surface area contributed by atoms with E-state index in [9.17, 15) is 15.0 Å². The summed E-state index contributed by atoms with van der Waals surface area (Å²) in [6.07, 6.45) is 90.8. The van der Waals surface area contributed by atoms with Gasteiger partial charge in [0.2, 0.25) is 5.91 Å². The molecule has 0 saturated carbocycles. The van der Waals surface area contributed by atoms with Gasteiger partial charge < -0.3 is 15.5 Å². The van der Waals surface area contributed by atoms with Crippen LogP contribution in [0.15, 0.2) is 122 Å². The van der Waals surface area contributed by atoms with Gasteiger partial charge in [0.25, 0.3) is 0 Å². The largest absolute Gasteiger partial charge is 0.394 e. The number of hydrogen-bond donors (Lipinski definition) is 3. The number of aliphatic hydroxyl groups excluding tert-OH is 2. The van der Waals surface area contributed by atoms with E-state index in [4.69, 9.17) is 0 Å². The van der Waals surface area contributed by atoms with Crippen LogP contribution in [0, 0.1) is 0 Å². The van der Waals surface area contributed by atoms with E-state index >= 15 is 0 Å². The molecule has 0 aliphatic rings. The van der Waals surface area contributed by atoms with Gasteiger partial charge in [0.1, 0.15) is 0 Å². The highest BCUT2D eigenvalue weighted by Gasteiger charge is 2.18. The number of rotatable bonds is 52. The molecule has 2 unspecified atom stereocenters. The van der Waals surface area contributed by atoms with Crippen LogP contribution in [0.4, 0.5) is 0 Å². The Balaban J connectivity index is 3.58. The minimum Gasteiger partial charge on any atom is -0.394 e. The van der Waals surface area contributed by atoms with Gasteiger partial charge in [-0.2, -0.15) is 0 Å². The maximum Gasteiger partial charge on any atom is 0.220 e. The molecule has 0 rings (SSSR count). The predicted molar refractivity (Wildman–Crippen MR) is 308 cm³/mol. The van der Waals surface area contributed by atoms with Crippen LogP contribution in [-0.4, -0.2) is 34.9 Å². The second kappa shape index (κ2) is 59.1. The normalized spacial score (nSPS) is 13.7. The Labute approximate surface area is 428 Å². The highest BCUT2D eigenvalue weighted by atomic mass is 16.3. The molecule has 0 aromatic rings. The van der Waals surface area contributed by atoms with Gasteiger partial charge in [-0.25, -0.2) is 0 Å². The average Bonchev–Trinajstić information content (AvgIpc) is 3.35. The summed E-state index contributed by atoms with van der Waals surface area (Å²) in [7, 11) is 0.